The molecule has 338 valence electrons. The van der Waals surface area contributed by atoms with Gasteiger partial charge in [0.25, 0.3) is 0 Å². The Morgan fingerprint density at radius 2 is 0.292 bits per heavy atom. The molecule has 0 aliphatic rings. The van der Waals surface area contributed by atoms with E-state index in [2.05, 4.69) is 243 Å². The second kappa shape index (κ2) is 19.7. The highest BCUT2D eigenvalue weighted by Crippen LogP contribution is 2.34. The Labute approximate surface area is 418 Å². The van der Waals surface area contributed by atoms with Crippen molar-refractivity contribution in [2.75, 3.05) is 0 Å². The van der Waals surface area contributed by atoms with Crippen molar-refractivity contribution in [2.45, 2.75) is 0 Å². The Kier molecular flexibility index (Phi) is 11.9. The van der Waals surface area contributed by atoms with Gasteiger partial charge >= 0.3 is 0 Å². The first-order valence-electron chi connectivity index (χ1n) is 24.0. The highest BCUT2D eigenvalue weighted by molar-refractivity contribution is 5.78. The van der Waals surface area contributed by atoms with Crippen LogP contribution < -0.4 is 0 Å². The Morgan fingerprint density at radius 1 is 0.125 bits per heavy atom. The number of nitrogens with zero attached hydrogens (tertiary/aromatic N) is 6. The molecule has 0 spiro atoms. The van der Waals surface area contributed by atoms with Crippen molar-refractivity contribution in [3.63, 3.8) is 0 Å². The lowest BCUT2D eigenvalue weighted by Gasteiger charge is -2.12. The summed E-state index contributed by atoms with van der Waals surface area (Å²) < 4.78 is 0. The summed E-state index contributed by atoms with van der Waals surface area (Å²) in [5.74, 6) is 3.55. The summed E-state index contributed by atoms with van der Waals surface area (Å²) in [6.45, 7) is 0. The van der Waals surface area contributed by atoms with E-state index in [0.29, 0.717) is 34.9 Å². The molecule has 72 heavy (non-hydrogen) atoms. The van der Waals surface area contributed by atoms with E-state index >= 15 is 0 Å². The molecule has 0 saturated carbocycles. The lowest BCUT2D eigenvalue weighted by Crippen LogP contribution is -2.01. The second-order valence-electron chi connectivity index (χ2n) is 17.5. The summed E-state index contributed by atoms with van der Waals surface area (Å²) in [4.78, 5) is 30.7. The molecule has 12 aromatic rings. The van der Waals surface area contributed by atoms with E-state index in [4.69, 9.17) is 29.9 Å². The highest BCUT2D eigenvalue weighted by atomic mass is 15.0. The first-order chi connectivity index (χ1) is 35.6. The Hall–Kier alpha value is -9.78. The van der Waals surface area contributed by atoms with Crippen molar-refractivity contribution in [1.82, 2.24) is 29.9 Å². The van der Waals surface area contributed by atoms with E-state index in [-0.39, 0.29) is 0 Å². The van der Waals surface area contributed by atoms with Crippen LogP contribution in [0.2, 0.25) is 0 Å². The van der Waals surface area contributed by atoms with Crippen molar-refractivity contribution in [3.8, 4) is 124 Å². The fourth-order valence-electron chi connectivity index (χ4n) is 8.97. The minimum atomic E-state index is 0.579. The fourth-order valence-corrected chi connectivity index (χ4v) is 8.97. The SMILES string of the molecule is c1ccc(-c2ccc(-c3nc(-c4ccc(-c5ccccc5)cc4)nc(-c4cccc(-c5cccc(-c6nc(-c7ccc(-c8ccccc8)cc7)nc(-c7ccc(-c8ccccc8)cc7)n6)c5)c4)n3)cc2)cc1. The van der Waals surface area contributed by atoms with Gasteiger partial charge in [0.05, 0.1) is 0 Å². The fraction of sp³-hybridized carbons (Fsp3) is 0. The molecule has 0 N–H and O–H groups in total. The second-order valence-corrected chi connectivity index (χ2v) is 17.5. The van der Waals surface area contributed by atoms with Crippen LogP contribution >= 0.6 is 0 Å². The predicted molar refractivity (Wildman–Crippen MR) is 293 cm³/mol. The summed E-state index contributed by atoms with van der Waals surface area (Å²) >= 11 is 0. The summed E-state index contributed by atoms with van der Waals surface area (Å²) in [6, 6.07) is 91.9. The van der Waals surface area contributed by atoms with Gasteiger partial charge in [0.1, 0.15) is 0 Å². The molecule has 0 bridgehead atoms. The zero-order chi connectivity index (χ0) is 48.1. The molecule has 0 atom stereocenters. The number of benzene rings is 10. The minimum absolute atomic E-state index is 0.579. The largest absolute Gasteiger partial charge is 0.208 e. The van der Waals surface area contributed by atoms with E-state index in [0.717, 1.165) is 89.0 Å². The molecule has 0 aliphatic carbocycles. The van der Waals surface area contributed by atoms with E-state index in [9.17, 15) is 0 Å². The van der Waals surface area contributed by atoms with Gasteiger partial charge in [0, 0.05) is 33.4 Å². The van der Waals surface area contributed by atoms with E-state index in [1.165, 1.54) is 0 Å². The van der Waals surface area contributed by atoms with Gasteiger partial charge in [-0.3, -0.25) is 0 Å². The summed E-state index contributed by atoms with van der Waals surface area (Å²) in [6.07, 6.45) is 0. The molecule has 12 rings (SSSR count). The van der Waals surface area contributed by atoms with Gasteiger partial charge in [-0.2, -0.15) is 0 Å². The average molecular weight is 921 g/mol. The van der Waals surface area contributed by atoms with Crippen LogP contribution in [0.15, 0.2) is 267 Å². The van der Waals surface area contributed by atoms with Gasteiger partial charge in [-0.15, -0.1) is 0 Å². The Balaban J connectivity index is 0.913. The molecule has 0 aliphatic heterocycles. The van der Waals surface area contributed by atoms with Gasteiger partial charge in [0.2, 0.25) is 0 Å². The maximum absolute atomic E-state index is 5.14. The van der Waals surface area contributed by atoms with Crippen LogP contribution in [0.3, 0.4) is 0 Å². The molecular formula is C66H44N6. The minimum Gasteiger partial charge on any atom is -0.208 e. The van der Waals surface area contributed by atoms with E-state index in [1.54, 1.807) is 0 Å². The van der Waals surface area contributed by atoms with E-state index < -0.39 is 0 Å². The molecule has 0 fully saturated rings. The third kappa shape index (κ3) is 9.36. The zero-order valence-electron chi connectivity index (χ0n) is 39.1. The topological polar surface area (TPSA) is 77.3 Å². The van der Waals surface area contributed by atoms with Crippen molar-refractivity contribution in [2.24, 2.45) is 0 Å². The Morgan fingerprint density at radius 3 is 0.528 bits per heavy atom. The van der Waals surface area contributed by atoms with E-state index in [1.807, 2.05) is 24.3 Å². The number of aromatic nitrogens is 6. The molecule has 2 aromatic heterocycles. The Bertz CT molecular complexity index is 3330. The molecule has 6 nitrogen and oxygen atoms in total. The van der Waals surface area contributed by atoms with Crippen LogP contribution in [0.25, 0.3) is 124 Å². The number of hydrogen-bond donors (Lipinski definition) is 0. The number of hydrogen-bond acceptors (Lipinski definition) is 6. The van der Waals surface area contributed by atoms with Crippen LogP contribution in [-0.4, -0.2) is 29.9 Å². The molecule has 0 radical (unpaired) electrons. The quantitative estimate of drug-likeness (QED) is 0.129. The van der Waals surface area contributed by atoms with Crippen molar-refractivity contribution in [3.05, 3.63) is 267 Å². The summed E-state index contributed by atoms with van der Waals surface area (Å²) in [7, 11) is 0. The molecule has 10 aromatic carbocycles. The van der Waals surface area contributed by atoms with Crippen molar-refractivity contribution < 1.29 is 0 Å². The predicted octanol–water partition coefficient (Wildman–Crippen LogP) is 16.4. The molecule has 0 saturated heterocycles. The normalized spacial score (nSPS) is 11.1. The molecular weight excluding hydrogens is 877 g/mol. The third-order valence-electron chi connectivity index (χ3n) is 12.8. The maximum Gasteiger partial charge on any atom is 0.164 e. The van der Waals surface area contributed by atoms with Gasteiger partial charge < -0.3 is 0 Å². The first-order valence-corrected chi connectivity index (χ1v) is 24.0. The summed E-state index contributed by atoms with van der Waals surface area (Å²) in [5, 5.41) is 0. The standard InChI is InChI=1S/C66H44N6/c1-5-15-45(16-6-1)49-27-35-53(36-28-49)61-67-62(54-37-29-50(30-38-54)46-17-7-2-8-18-46)70-65(69-61)59-25-13-23-57(43-59)58-24-14-26-60(44-58)66-71-63(55-39-31-51(32-40-55)47-19-9-3-10-20-47)68-64(72-66)56-41-33-52(34-42-56)48-21-11-4-12-22-48/h1-44H. The smallest absolute Gasteiger partial charge is 0.164 e. The monoisotopic (exact) mass is 920 g/mol. The lowest BCUT2D eigenvalue weighted by atomic mass is 10.00. The number of rotatable bonds is 11. The third-order valence-corrected chi connectivity index (χ3v) is 12.8. The molecule has 6 heteroatoms. The van der Waals surface area contributed by atoms with Crippen LogP contribution in [0.1, 0.15) is 0 Å². The first kappa shape index (κ1) is 43.5. The maximum atomic E-state index is 5.14. The highest BCUT2D eigenvalue weighted by Gasteiger charge is 2.17. The molecule has 0 amide bonds. The zero-order valence-corrected chi connectivity index (χ0v) is 39.1. The lowest BCUT2D eigenvalue weighted by molar-refractivity contribution is 1.07. The van der Waals surface area contributed by atoms with Gasteiger partial charge in [-0.25, -0.2) is 29.9 Å². The van der Waals surface area contributed by atoms with Crippen LogP contribution in [0.4, 0.5) is 0 Å². The van der Waals surface area contributed by atoms with Crippen LogP contribution in [0.5, 0.6) is 0 Å². The van der Waals surface area contributed by atoms with Crippen LogP contribution in [0, 0.1) is 0 Å². The summed E-state index contributed by atoms with van der Waals surface area (Å²) in [5.41, 5.74) is 16.5. The van der Waals surface area contributed by atoms with Gasteiger partial charge in [0.15, 0.2) is 34.9 Å². The molecule has 0 unspecified atom stereocenters. The van der Waals surface area contributed by atoms with Crippen LogP contribution in [-0.2, 0) is 0 Å². The average Bonchev–Trinajstić information content (AvgIpc) is 3.48. The van der Waals surface area contributed by atoms with Gasteiger partial charge in [-0.1, -0.05) is 255 Å². The van der Waals surface area contributed by atoms with Crippen molar-refractivity contribution >= 4 is 0 Å². The molecule has 2 heterocycles. The van der Waals surface area contributed by atoms with Crippen molar-refractivity contribution in [1.29, 1.82) is 0 Å². The van der Waals surface area contributed by atoms with Gasteiger partial charge in [-0.05, 0) is 67.8 Å².